The van der Waals surface area contributed by atoms with Crippen molar-refractivity contribution in [3.05, 3.63) is 46.7 Å². The second-order valence-corrected chi connectivity index (χ2v) is 5.19. The van der Waals surface area contributed by atoms with Crippen molar-refractivity contribution in [3.63, 3.8) is 0 Å². The molecule has 1 aromatic rings. The number of ketones is 2. The molecular formula is C16H14O5. The molecule has 1 aliphatic carbocycles. The van der Waals surface area contributed by atoms with Gasteiger partial charge in [0.25, 0.3) is 5.60 Å². The molecule has 1 aromatic carbocycles. The number of aliphatic hydroxyl groups excluding tert-OH is 1. The Hall–Kier alpha value is -2.56. The minimum absolute atomic E-state index is 0.176. The Labute approximate surface area is 121 Å². The number of ether oxygens (including phenoxy) is 2. The third-order valence-corrected chi connectivity index (χ3v) is 3.86. The van der Waals surface area contributed by atoms with Gasteiger partial charge in [0.15, 0.2) is 0 Å². The van der Waals surface area contributed by atoms with E-state index in [0.717, 1.165) is 6.08 Å². The highest BCUT2D eigenvalue weighted by atomic mass is 16.5. The van der Waals surface area contributed by atoms with Crippen LogP contribution in [0.4, 0.5) is 0 Å². The fourth-order valence-electron chi connectivity index (χ4n) is 2.82. The number of allylic oxidation sites excluding steroid dienone is 1. The summed E-state index contributed by atoms with van der Waals surface area (Å²) in [5.41, 5.74) is -0.254. The van der Waals surface area contributed by atoms with Gasteiger partial charge in [-0.25, -0.2) is 0 Å². The molecule has 0 aromatic heterocycles. The molecular weight excluding hydrogens is 272 g/mol. The standard InChI is InChI=1S/C16H14O5/c1-8-4-11(20-3)7-12-14(8)15(19)16(21-12)9(2)5-10(17)6-13(16)18/h4-7,17H,1-3H3. The molecule has 21 heavy (non-hydrogen) atoms. The minimum Gasteiger partial charge on any atom is -0.508 e. The SMILES string of the molecule is COc1cc(C)c2c(c1)OC1(C(=O)C=C(O)C=C1C)C2=O. The lowest BCUT2D eigenvalue weighted by molar-refractivity contribution is -0.123. The van der Waals surface area contributed by atoms with Gasteiger partial charge in [-0.05, 0) is 37.1 Å². The van der Waals surface area contributed by atoms with E-state index in [4.69, 9.17) is 9.47 Å². The van der Waals surface area contributed by atoms with E-state index in [0.29, 0.717) is 28.2 Å². The predicted octanol–water partition coefficient (Wildman–Crippen LogP) is 2.29. The molecule has 5 heteroatoms. The van der Waals surface area contributed by atoms with Gasteiger partial charge in [0.1, 0.15) is 17.3 Å². The number of aliphatic hydroxyl groups is 1. The summed E-state index contributed by atoms with van der Waals surface area (Å²) in [7, 11) is 1.52. The number of rotatable bonds is 1. The first kappa shape index (κ1) is 13.4. The van der Waals surface area contributed by atoms with Gasteiger partial charge in [0.05, 0.1) is 12.7 Å². The third kappa shape index (κ3) is 1.63. The van der Waals surface area contributed by atoms with Crippen LogP contribution in [0.15, 0.2) is 35.6 Å². The van der Waals surface area contributed by atoms with Crippen LogP contribution in [0.5, 0.6) is 11.5 Å². The molecule has 1 unspecified atom stereocenters. The Balaban J connectivity index is 2.19. The second kappa shape index (κ2) is 4.22. The van der Waals surface area contributed by atoms with Crippen LogP contribution in [0.1, 0.15) is 22.8 Å². The number of hydrogen-bond donors (Lipinski definition) is 1. The second-order valence-electron chi connectivity index (χ2n) is 5.19. The van der Waals surface area contributed by atoms with E-state index in [1.807, 2.05) is 0 Å². The molecule has 1 heterocycles. The molecule has 1 atom stereocenters. The number of methoxy groups -OCH3 is 1. The van der Waals surface area contributed by atoms with Crippen LogP contribution in [0.3, 0.4) is 0 Å². The van der Waals surface area contributed by atoms with Gasteiger partial charge >= 0.3 is 0 Å². The lowest BCUT2D eigenvalue weighted by Crippen LogP contribution is -2.50. The summed E-state index contributed by atoms with van der Waals surface area (Å²) < 4.78 is 10.9. The molecule has 108 valence electrons. The number of benzene rings is 1. The molecule has 0 bridgehead atoms. The van der Waals surface area contributed by atoms with Crippen LogP contribution in [0.25, 0.3) is 0 Å². The zero-order valence-corrected chi connectivity index (χ0v) is 11.9. The van der Waals surface area contributed by atoms with Gasteiger partial charge in [0, 0.05) is 12.1 Å². The van der Waals surface area contributed by atoms with Crippen LogP contribution in [-0.4, -0.2) is 29.4 Å². The minimum atomic E-state index is -1.69. The number of hydrogen-bond acceptors (Lipinski definition) is 5. The first-order valence-electron chi connectivity index (χ1n) is 6.46. The monoisotopic (exact) mass is 286 g/mol. The van der Waals surface area contributed by atoms with Crippen molar-refractivity contribution in [2.75, 3.05) is 7.11 Å². The molecule has 0 radical (unpaired) electrons. The zero-order chi connectivity index (χ0) is 15.4. The van der Waals surface area contributed by atoms with Gasteiger partial charge in [0.2, 0.25) is 11.6 Å². The van der Waals surface area contributed by atoms with E-state index >= 15 is 0 Å². The highest BCUT2D eigenvalue weighted by Gasteiger charge is 2.56. The van der Waals surface area contributed by atoms with Crippen LogP contribution in [0, 0.1) is 6.92 Å². The third-order valence-electron chi connectivity index (χ3n) is 3.86. The van der Waals surface area contributed by atoms with Crippen molar-refractivity contribution >= 4 is 11.6 Å². The summed E-state index contributed by atoms with van der Waals surface area (Å²) in [5.74, 6) is -0.267. The fraction of sp³-hybridized carbons (Fsp3) is 0.250. The van der Waals surface area contributed by atoms with Gasteiger partial charge in [-0.3, -0.25) is 9.59 Å². The number of Topliss-reactive ketones (excluding diaryl/α,β-unsaturated/α-hetero) is 1. The van der Waals surface area contributed by atoms with Gasteiger partial charge < -0.3 is 14.6 Å². The average Bonchev–Trinajstić information content (AvgIpc) is 2.71. The molecule has 2 aliphatic rings. The smallest absolute Gasteiger partial charge is 0.254 e. The summed E-state index contributed by atoms with van der Waals surface area (Å²) in [6, 6.07) is 3.31. The van der Waals surface area contributed by atoms with E-state index in [2.05, 4.69) is 0 Å². The summed E-state index contributed by atoms with van der Waals surface area (Å²) in [6.07, 6.45) is 2.39. The van der Waals surface area contributed by atoms with E-state index in [9.17, 15) is 14.7 Å². The Morgan fingerprint density at radius 2 is 1.90 bits per heavy atom. The molecule has 1 N–H and O–H groups in total. The summed E-state index contributed by atoms with van der Waals surface area (Å²) >= 11 is 0. The normalized spacial score (nSPS) is 23.6. The van der Waals surface area contributed by atoms with Crippen molar-refractivity contribution in [2.45, 2.75) is 19.4 Å². The molecule has 0 fully saturated rings. The van der Waals surface area contributed by atoms with Crippen molar-refractivity contribution in [1.29, 1.82) is 0 Å². The Morgan fingerprint density at radius 1 is 1.19 bits per heavy atom. The maximum Gasteiger partial charge on any atom is 0.254 e. The van der Waals surface area contributed by atoms with Crippen molar-refractivity contribution in [2.24, 2.45) is 0 Å². The van der Waals surface area contributed by atoms with Crippen LogP contribution in [0.2, 0.25) is 0 Å². The topological polar surface area (TPSA) is 72.8 Å². The quantitative estimate of drug-likeness (QED) is 0.802. The molecule has 0 saturated carbocycles. The van der Waals surface area contributed by atoms with Crippen molar-refractivity contribution in [1.82, 2.24) is 0 Å². The Kier molecular flexibility index (Phi) is 2.69. The Morgan fingerprint density at radius 3 is 2.52 bits per heavy atom. The lowest BCUT2D eigenvalue weighted by atomic mass is 9.80. The predicted molar refractivity (Wildman–Crippen MR) is 74.9 cm³/mol. The molecule has 3 rings (SSSR count). The maximum atomic E-state index is 12.8. The van der Waals surface area contributed by atoms with Crippen molar-refractivity contribution in [3.8, 4) is 11.5 Å². The summed E-state index contributed by atoms with van der Waals surface area (Å²) in [6.45, 7) is 3.36. The largest absolute Gasteiger partial charge is 0.508 e. The van der Waals surface area contributed by atoms with Gasteiger partial charge in [-0.1, -0.05) is 0 Å². The maximum absolute atomic E-state index is 12.8. The molecule has 1 spiro atoms. The first-order valence-corrected chi connectivity index (χ1v) is 6.46. The molecule has 1 aliphatic heterocycles. The van der Waals surface area contributed by atoms with Crippen LogP contribution < -0.4 is 9.47 Å². The van der Waals surface area contributed by atoms with Crippen LogP contribution in [-0.2, 0) is 4.79 Å². The van der Waals surface area contributed by atoms with E-state index in [1.165, 1.54) is 13.2 Å². The number of aryl methyl sites for hydroxylation is 1. The lowest BCUT2D eigenvalue weighted by Gasteiger charge is -2.27. The number of carbonyl (C=O) groups is 2. The van der Waals surface area contributed by atoms with E-state index in [1.54, 1.807) is 26.0 Å². The Bertz CT molecular complexity index is 741. The molecule has 0 saturated heterocycles. The van der Waals surface area contributed by atoms with Crippen molar-refractivity contribution < 1.29 is 24.2 Å². The summed E-state index contributed by atoms with van der Waals surface area (Å²) in [4.78, 5) is 25.1. The average molecular weight is 286 g/mol. The summed E-state index contributed by atoms with van der Waals surface area (Å²) in [5, 5.41) is 9.51. The number of fused-ring (bicyclic) bond motifs is 1. The highest BCUT2D eigenvalue weighted by Crippen LogP contribution is 2.44. The zero-order valence-electron chi connectivity index (χ0n) is 11.9. The van der Waals surface area contributed by atoms with Gasteiger partial charge in [-0.15, -0.1) is 0 Å². The molecule has 5 nitrogen and oxygen atoms in total. The van der Waals surface area contributed by atoms with E-state index < -0.39 is 17.2 Å². The van der Waals surface area contributed by atoms with Crippen LogP contribution >= 0.6 is 0 Å². The van der Waals surface area contributed by atoms with Gasteiger partial charge in [-0.2, -0.15) is 0 Å². The highest BCUT2D eigenvalue weighted by molar-refractivity contribution is 6.27. The fourth-order valence-corrected chi connectivity index (χ4v) is 2.82. The first-order chi connectivity index (χ1) is 9.90. The molecule has 0 amide bonds. The van der Waals surface area contributed by atoms with E-state index in [-0.39, 0.29) is 5.76 Å². The number of carbonyl (C=O) groups excluding carboxylic acids is 2.